The molecule has 1 aromatic rings. The Labute approximate surface area is 67.7 Å². The number of carboxylic acids is 1. The first-order chi connectivity index (χ1) is 5.15. The van der Waals surface area contributed by atoms with Crippen LogP contribution in [0, 0.1) is 0 Å². The molecule has 0 bridgehead atoms. The minimum Gasteiger partial charge on any atom is -0.477 e. The second kappa shape index (κ2) is 2.87. The van der Waals surface area contributed by atoms with E-state index >= 15 is 0 Å². The van der Waals surface area contributed by atoms with Crippen molar-refractivity contribution >= 4 is 22.4 Å². The molecular formula is C6H8N2O2S. The monoisotopic (exact) mass is 172 g/mol. The van der Waals surface area contributed by atoms with Crippen molar-refractivity contribution in [3.63, 3.8) is 0 Å². The SMILES string of the molecule is CCc1nc(N)sc1C(=O)O. The van der Waals surface area contributed by atoms with Crippen LogP contribution in [0.5, 0.6) is 0 Å². The van der Waals surface area contributed by atoms with Gasteiger partial charge < -0.3 is 10.8 Å². The molecule has 4 nitrogen and oxygen atoms in total. The molecule has 0 aliphatic rings. The summed E-state index contributed by atoms with van der Waals surface area (Å²) in [6.07, 6.45) is 0.606. The average Bonchev–Trinajstić information content (AvgIpc) is 2.30. The molecule has 0 fully saturated rings. The summed E-state index contributed by atoms with van der Waals surface area (Å²) >= 11 is 1.01. The average molecular weight is 172 g/mol. The summed E-state index contributed by atoms with van der Waals surface area (Å²) in [4.78, 5) is 14.6. The number of hydrogen-bond acceptors (Lipinski definition) is 4. The number of aromatic nitrogens is 1. The van der Waals surface area contributed by atoms with Crippen LogP contribution in [-0.2, 0) is 6.42 Å². The lowest BCUT2D eigenvalue weighted by molar-refractivity contribution is 0.0701. The predicted molar refractivity (Wildman–Crippen MR) is 42.9 cm³/mol. The molecule has 0 saturated heterocycles. The van der Waals surface area contributed by atoms with Crippen LogP contribution in [0.15, 0.2) is 0 Å². The molecule has 3 N–H and O–H groups in total. The molecule has 0 amide bonds. The van der Waals surface area contributed by atoms with Crippen LogP contribution in [0.4, 0.5) is 5.13 Å². The Morgan fingerprint density at radius 2 is 2.45 bits per heavy atom. The minimum atomic E-state index is -0.948. The molecule has 0 aromatic carbocycles. The van der Waals surface area contributed by atoms with Gasteiger partial charge in [-0.25, -0.2) is 9.78 Å². The molecule has 5 heteroatoms. The number of thiazole rings is 1. The van der Waals surface area contributed by atoms with Gasteiger partial charge >= 0.3 is 5.97 Å². The van der Waals surface area contributed by atoms with Crippen molar-refractivity contribution in [1.29, 1.82) is 0 Å². The van der Waals surface area contributed by atoms with Gasteiger partial charge in [0.2, 0.25) is 0 Å². The van der Waals surface area contributed by atoms with Gasteiger partial charge in [-0.1, -0.05) is 18.3 Å². The highest BCUT2D eigenvalue weighted by Gasteiger charge is 2.13. The number of carbonyl (C=O) groups is 1. The largest absolute Gasteiger partial charge is 0.477 e. The molecule has 0 unspecified atom stereocenters. The van der Waals surface area contributed by atoms with E-state index in [0.29, 0.717) is 17.2 Å². The normalized spacial score (nSPS) is 9.91. The summed E-state index contributed by atoms with van der Waals surface area (Å²) in [5, 5.41) is 8.94. The third-order valence-corrected chi connectivity index (χ3v) is 2.16. The quantitative estimate of drug-likeness (QED) is 0.697. The van der Waals surface area contributed by atoms with Gasteiger partial charge in [-0.2, -0.15) is 0 Å². The van der Waals surface area contributed by atoms with Crippen LogP contribution in [0.3, 0.4) is 0 Å². The Morgan fingerprint density at radius 1 is 1.82 bits per heavy atom. The van der Waals surface area contributed by atoms with Crippen LogP contribution < -0.4 is 5.73 Å². The van der Waals surface area contributed by atoms with Gasteiger partial charge in [0.05, 0.1) is 5.69 Å². The number of nitrogen functional groups attached to an aromatic ring is 1. The first-order valence-corrected chi connectivity index (χ1v) is 3.95. The van der Waals surface area contributed by atoms with E-state index in [1.165, 1.54) is 0 Å². The molecule has 1 heterocycles. The van der Waals surface area contributed by atoms with Gasteiger partial charge in [-0.3, -0.25) is 0 Å². The molecule has 0 spiro atoms. The van der Waals surface area contributed by atoms with E-state index in [9.17, 15) is 4.79 Å². The third-order valence-electron chi connectivity index (χ3n) is 1.24. The maximum atomic E-state index is 10.5. The summed E-state index contributed by atoms with van der Waals surface area (Å²) in [5.74, 6) is -0.948. The zero-order valence-corrected chi connectivity index (χ0v) is 6.81. The van der Waals surface area contributed by atoms with Crippen LogP contribution in [0.2, 0.25) is 0 Å². The Bertz CT molecular complexity index is 282. The summed E-state index contributed by atoms with van der Waals surface area (Å²) < 4.78 is 0. The Balaban J connectivity index is 3.12. The highest BCUT2D eigenvalue weighted by Crippen LogP contribution is 2.20. The molecule has 11 heavy (non-hydrogen) atoms. The molecule has 0 aliphatic carbocycles. The van der Waals surface area contributed by atoms with Crippen molar-refractivity contribution in [2.75, 3.05) is 5.73 Å². The molecule has 0 atom stereocenters. The molecule has 0 saturated carbocycles. The number of nitrogens with zero attached hydrogens (tertiary/aromatic N) is 1. The third kappa shape index (κ3) is 1.48. The van der Waals surface area contributed by atoms with Crippen molar-refractivity contribution < 1.29 is 9.90 Å². The maximum absolute atomic E-state index is 10.5. The fraction of sp³-hybridized carbons (Fsp3) is 0.333. The van der Waals surface area contributed by atoms with Crippen molar-refractivity contribution in [3.05, 3.63) is 10.6 Å². The van der Waals surface area contributed by atoms with Crippen LogP contribution in [-0.4, -0.2) is 16.1 Å². The molecule has 1 rings (SSSR count). The number of aromatic carboxylic acids is 1. The van der Waals surface area contributed by atoms with Crippen molar-refractivity contribution in [2.24, 2.45) is 0 Å². The topological polar surface area (TPSA) is 76.2 Å². The Hall–Kier alpha value is -1.10. The fourth-order valence-corrected chi connectivity index (χ4v) is 1.54. The standard InChI is InChI=1S/C6H8N2O2S/c1-2-3-4(5(9)10)11-6(7)8-3/h2H2,1H3,(H2,7,8)(H,9,10). The Morgan fingerprint density at radius 3 is 2.82 bits per heavy atom. The smallest absolute Gasteiger partial charge is 0.347 e. The van der Waals surface area contributed by atoms with Crippen molar-refractivity contribution in [3.8, 4) is 0 Å². The molecule has 60 valence electrons. The van der Waals surface area contributed by atoms with E-state index < -0.39 is 5.97 Å². The van der Waals surface area contributed by atoms with Crippen LogP contribution in [0.25, 0.3) is 0 Å². The lowest BCUT2D eigenvalue weighted by atomic mass is 10.3. The summed E-state index contributed by atoms with van der Waals surface area (Å²) in [6.45, 7) is 1.85. The van der Waals surface area contributed by atoms with E-state index in [2.05, 4.69) is 4.98 Å². The number of aryl methyl sites for hydroxylation is 1. The van der Waals surface area contributed by atoms with Gasteiger partial charge in [-0.05, 0) is 6.42 Å². The first-order valence-electron chi connectivity index (χ1n) is 3.13. The highest BCUT2D eigenvalue weighted by molar-refractivity contribution is 7.17. The zero-order chi connectivity index (χ0) is 8.43. The molecule has 1 aromatic heterocycles. The highest BCUT2D eigenvalue weighted by atomic mass is 32.1. The molecule has 0 aliphatic heterocycles. The van der Waals surface area contributed by atoms with E-state index in [4.69, 9.17) is 10.8 Å². The summed E-state index contributed by atoms with van der Waals surface area (Å²) in [7, 11) is 0. The van der Waals surface area contributed by atoms with Crippen LogP contribution in [0.1, 0.15) is 22.3 Å². The zero-order valence-electron chi connectivity index (χ0n) is 6.00. The predicted octanol–water partition coefficient (Wildman–Crippen LogP) is 0.986. The van der Waals surface area contributed by atoms with Gasteiger partial charge in [0.15, 0.2) is 5.13 Å². The summed E-state index contributed by atoms with van der Waals surface area (Å²) in [6, 6.07) is 0. The van der Waals surface area contributed by atoms with Gasteiger partial charge in [0, 0.05) is 0 Å². The van der Waals surface area contributed by atoms with E-state index in [0.717, 1.165) is 11.3 Å². The minimum absolute atomic E-state index is 0.255. The molecule has 0 radical (unpaired) electrons. The lowest BCUT2D eigenvalue weighted by Gasteiger charge is -1.89. The van der Waals surface area contributed by atoms with Crippen LogP contribution >= 0.6 is 11.3 Å². The first kappa shape index (κ1) is 8.00. The molecular weight excluding hydrogens is 164 g/mol. The number of carboxylic acid groups (broad SMARTS) is 1. The fourth-order valence-electron chi connectivity index (χ4n) is 0.777. The van der Waals surface area contributed by atoms with Gasteiger partial charge in [0.1, 0.15) is 4.88 Å². The van der Waals surface area contributed by atoms with E-state index in [1.54, 1.807) is 0 Å². The number of anilines is 1. The number of hydrogen-bond donors (Lipinski definition) is 2. The van der Waals surface area contributed by atoms with Gasteiger partial charge in [-0.15, -0.1) is 0 Å². The van der Waals surface area contributed by atoms with Crippen molar-refractivity contribution in [2.45, 2.75) is 13.3 Å². The number of rotatable bonds is 2. The lowest BCUT2D eigenvalue weighted by Crippen LogP contribution is -1.97. The second-order valence-electron chi connectivity index (χ2n) is 1.99. The van der Waals surface area contributed by atoms with Crippen molar-refractivity contribution in [1.82, 2.24) is 4.98 Å². The maximum Gasteiger partial charge on any atom is 0.347 e. The van der Waals surface area contributed by atoms with E-state index in [1.807, 2.05) is 6.92 Å². The van der Waals surface area contributed by atoms with E-state index in [-0.39, 0.29) is 4.88 Å². The Kier molecular flexibility index (Phi) is 2.09. The van der Waals surface area contributed by atoms with Gasteiger partial charge in [0.25, 0.3) is 0 Å². The summed E-state index contributed by atoms with van der Waals surface area (Å²) in [5.41, 5.74) is 5.91. The second-order valence-corrected chi connectivity index (χ2v) is 3.02. The number of nitrogens with two attached hydrogens (primary N) is 1.